The van der Waals surface area contributed by atoms with Gasteiger partial charge in [0.15, 0.2) is 0 Å². The van der Waals surface area contributed by atoms with Gasteiger partial charge in [-0.1, -0.05) is 6.92 Å². The Bertz CT molecular complexity index is 190. The first kappa shape index (κ1) is 6.99. The average molecular weight is 138 g/mol. The van der Waals surface area contributed by atoms with Crippen molar-refractivity contribution in [2.24, 2.45) is 0 Å². The predicted octanol–water partition coefficient (Wildman–Crippen LogP) is 1.05. The summed E-state index contributed by atoms with van der Waals surface area (Å²) < 4.78 is 4.99. The van der Waals surface area contributed by atoms with Crippen molar-refractivity contribution in [1.82, 2.24) is 9.97 Å². The Kier molecular flexibility index (Phi) is 2.20. The molecular weight excluding hydrogens is 128 g/mol. The van der Waals surface area contributed by atoms with Crippen LogP contribution in [0, 0.1) is 0 Å². The summed E-state index contributed by atoms with van der Waals surface area (Å²) in [6.45, 7) is 2.04. The summed E-state index contributed by atoms with van der Waals surface area (Å²) in [5.41, 5.74) is 1.05. The second-order valence-electron chi connectivity index (χ2n) is 1.91. The number of methoxy groups -OCH3 is 1. The van der Waals surface area contributed by atoms with Gasteiger partial charge in [0.1, 0.15) is 6.33 Å². The predicted molar refractivity (Wildman–Crippen MR) is 38.0 cm³/mol. The molecule has 3 nitrogen and oxygen atoms in total. The van der Waals surface area contributed by atoms with E-state index in [9.17, 15) is 0 Å². The molecule has 0 aliphatic heterocycles. The third-order valence-corrected chi connectivity index (χ3v) is 1.32. The van der Waals surface area contributed by atoms with Crippen molar-refractivity contribution in [2.75, 3.05) is 7.11 Å². The zero-order valence-electron chi connectivity index (χ0n) is 6.16. The Morgan fingerprint density at radius 1 is 1.60 bits per heavy atom. The topological polar surface area (TPSA) is 35.0 Å². The highest BCUT2D eigenvalue weighted by Crippen LogP contribution is 2.11. The molecule has 0 fully saturated rings. The maximum atomic E-state index is 4.99. The fraction of sp³-hybridized carbons (Fsp3) is 0.429. The van der Waals surface area contributed by atoms with Crippen LogP contribution in [0.25, 0.3) is 0 Å². The molecule has 0 bridgehead atoms. The van der Waals surface area contributed by atoms with E-state index in [1.807, 2.05) is 6.92 Å². The van der Waals surface area contributed by atoms with Gasteiger partial charge in [0.05, 0.1) is 7.11 Å². The lowest BCUT2D eigenvalue weighted by Crippen LogP contribution is -1.93. The molecule has 1 aromatic heterocycles. The van der Waals surface area contributed by atoms with Crippen molar-refractivity contribution in [3.8, 4) is 5.88 Å². The first-order valence-corrected chi connectivity index (χ1v) is 3.21. The molecule has 1 heterocycles. The molecule has 0 unspecified atom stereocenters. The van der Waals surface area contributed by atoms with Crippen molar-refractivity contribution in [1.29, 1.82) is 0 Å². The van der Waals surface area contributed by atoms with Crippen molar-refractivity contribution in [3.05, 3.63) is 18.1 Å². The van der Waals surface area contributed by atoms with E-state index in [2.05, 4.69) is 9.97 Å². The van der Waals surface area contributed by atoms with Crippen LogP contribution in [0.2, 0.25) is 0 Å². The van der Waals surface area contributed by atoms with Crippen LogP contribution in [0.4, 0.5) is 0 Å². The Morgan fingerprint density at radius 3 is 2.90 bits per heavy atom. The molecule has 0 saturated carbocycles. The minimum atomic E-state index is 0.678. The SMILES string of the molecule is CCc1cncnc1OC. The summed E-state index contributed by atoms with van der Waals surface area (Å²) in [5, 5.41) is 0. The fourth-order valence-electron chi connectivity index (χ4n) is 0.774. The molecule has 0 radical (unpaired) electrons. The molecule has 1 aromatic rings. The number of rotatable bonds is 2. The molecule has 0 saturated heterocycles. The van der Waals surface area contributed by atoms with Gasteiger partial charge in [-0.15, -0.1) is 0 Å². The Labute approximate surface area is 60.1 Å². The first-order valence-electron chi connectivity index (χ1n) is 3.21. The van der Waals surface area contributed by atoms with E-state index in [1.165, 1.54) is 6.33 Å². The minimum Gasteiger partial charge on any atom is -0.481 e. The van der Waals surface area contributed by atoms with Crippen molar-refractivity contribution < 1.29 is 4.74 Å². The Morgan fingerprint density at radius 2 is 2.40 bits per heavy atom. The molecule has 1 rings (SSSR count). The Hall–Kier alpha value is -1.12. The van der Waals surface area contributed by atoms with Crippen LogP contribution < -0.4 is 4.74 Å². The zero-order valence-corrected chi connectivity index (χ0v) is 6.16. The number of nitrogens with zero attached hydrogens (tertiary/aromatic N) is 2. The van der Waals surface area contributed by atoms with E-state index >= 15 is 0 Å². The van der Waals surface area contributed by atoms with Gasteiger partial charge in [0, 0.05) is 11.8 Å². The van der Waals surface area contributed by atoms with Crippen molar-refractivity contribution in [2.45, 2.75) is 13.3 Å². The number of ether oxygens (including phenoxy) is 1. The summed E-state index contributed by atoms with van der Waals surface area (Å²) in [7, 11) is 1.61. The van der Waals surface area contributed by atoms with Gasteiger partial charge in [-0.05, 0) is 6.42 Å². The van der Waals surface area contributed by atoms with Crippen molar-refractivity contribution >= 4 is 0 Å². The standard InChI is InChI=1S/C7H10N2O/c1-3-6-4-8-5-9-7(6)10-2/h4-5H,3H2,1-2H3. The highest BCUT2D eigenvalue weighted by molar-refractivity contribution is 5.21. The van der Waals surface area contributed by atoms with E-state index in [0.29, 0.717) is 5.88 Å². The number of aryl methyl sites for hydroxylation is 1. The monoisotopic (exact) mass is 138 g/mol. The lowest BCUT2D eigenvalue weighted by atomic mass is 10.2. The molecular formula is C7H10N2O. The van der Waals surface area contributed by atoms with Gasteiger partial charge in [-0.3, -0.25) is 0 Å². The van der Waals surface area contributed by atoms with Gasteiger partial charge < -0.3 is 4.74 Å². The van der Waals surface area contributed by atoms with Crippen molar-refractivity contribution in [3.63, 3.8) is 0 Å². The normalized spacial score (nSPS) is 9.40. The lowest BCUT2D eigenvalue weighted by molar-refractivity contribution is 0.391. The molecule has 0 atom stereocenters. The summed E-state index contributed by atoms with van der Waals surface area (Å²) in [6, 6.07) is 0. The van der Waals surface area contributed by atoms with Gasteiger partial charge in [-0.2, -0.15) is 0 Å². The van der Waals surface area contributed by atoms with Crippen LogP contribution in [-0.2, 0) is 6.42 Å². The lowest BCUT2D eigenvalue weighted by Gasteiger charge is -2.01. The summed E-state index contributed by atoms with van der Waals surface area (Å²) >= 11 is 0. The molecule has 0 N–H and O–H groups in total. The van der Waals surface area contributed by atoms with Crippen LogP contribution in [0.15, 0.2) is 12.5 Å². The highest BCUT2D eigenvalue weighted by Gasteiger charge is 1.98. The second kappa shape index (κ2) is 3.15. The smallest absolute Gasteiger partial charge is 0.219 e. The molecule has 0 aliphatic carbocycles. The molecule has 3 heteroatoms. The maximum Gasteiger partial charge on any atom is 0.219 e. The van der Waals surface area contributed by atoms with E-state index in [-0.39, 0.29) is 0 Å². The number of hydrogen-bond donors (Lipinski definition) is 0. The highest BCUT2D eigenvalue weighted by atomic mass is 16.5. The molecule has 0 amide bonds. The number of hydrogen-bond acceptors (Lipinski definition) is 3. The largest absolute Gasteiger partial charge is 0.481 e. The molecule has 0 spiro atoms. The number of aromatic nitrogens is 2. The van der Waals surface area contributed by atoms with Crippen LogP contribution in [0.3, 0.4) is 0 Å². The maximum absolute atomic E-state index is 4.99. The van der Waals surface area contributed by atoms with E-state index in [1.54, 1.807) is 13.3 Å². The first-order chi connectivity index (χ1) is 4.88. The van der Waals surface area contributed by atoms with Crippen LogP contribution in [0.5, 0.6) is 5.88 Å². The quantitative estimate of drug-likeness (QED) is 0.612. The molecule has 0 aromatic carbocycles. The fourth-order valence-corrected chi connectivity index (χ4v) is 0.774. The van der Waals surface area contributed by atoms with E-state index in [4.69, 9.17) is 4.74 Å². The summed E-state index contributed by atoms with van der Waals surface area (Å²) in [6.07, 6.45) is 4.16. The van der Waals surface area contributed by atoms with Crippen LogP contribution in [-0.4, -0.2) is 17.1 Å². The second-order valence-corrected chi connectivity index (χ2v) is 1.91. The summed E-state index contributed by atoms with van der Waals surface area (Å²) in [5.74, 6) is 0.678. The summed E-state index contributed by atoms with van der Waals surface area (Å²) in [4.78, 5) is 7.81. The van der Waals surface area contributed by atoms with Gasteiger partial charge >= 0.3 is 0 Å². The Balaban J connectivity index is 2.96. The molecule has 54 valence electrons. The molecule has 10 heavy (non-hydrogen) atoms. The molecule has 0 aliphatic rings. The van der Waals surface area contributed by atoms with Crippen LogP contribution >= 0.6 is 0 Å². The van der Waals surface area contributed by atoms with E-state index < -0.39 is 0 Å². The third-order valence-electron chi connectivity index (χ3n) is 1.32. The minimum absolute atomic E-state index is 0.678. The zero-order chi connectivity index (χ0) is 7.40. The average Bonchev–Trinajstić information content (AvgIpc) is 2.04. The third kappa shape index (κ3) is 1.23. The van der Waals surface area contributed by atoms with Gasteiger partial charge in [-0.25, -0.2) is 9.97 Å². The van der Waals surface area contributed by atoms with E-state index in [0.717, 1.165) is 12.0 Å². The van der Waals surface area contributed by atoms with Gasteiger partial charge in [0.2, 0.25) is 5.88 Å². The van der Waals surface area contributed by atoms with Gasteiger partial charge in [0.25, 0.3) is 0 Å². The van der Waals surface area contributed by atoms with Crippen LogP contribution in [0.1, 0.15) is 12.5 Å².